The van der Waals surface area contributed by atoms with Crippen molar-refractivity contribution < 1.29 is 14.3 Å². The molecule has 1 aromatic carbocycles. The second-order valence-corrected chi connectivity index (χ2v) is 6.01. The number of esters is 1. The van der Waals surface area contributed by atoms with Crippen LogP contribution in [0.15, 0.2) is 24.3 Å². The Bertz CT molecular complexity index is 583. The number of rotatable bonds is 6. The van der Waals surface area contributed by atoms with Gasteiger partial charge in [0, 0.05) is 12.8 Å². The van der Waals surface area contributed by atoms with E-state index in [0.717, 1.165) is 18.4 Å². The third kappa shape index (κ3) is 5.10. The molecule has 1 N–H and O–H groups in total. The van der Waals surface area contributed by atoms with Crippen LogP contribution in [0, 0.1) is 17.2 Å². The van der Waals surface area contributed by atoms with Crippen LogP contribution in [0.25, 0.3) is 0 Å². The van der Waals surface area contributed by atoms with Gasteiger partial charge in [-0.2, -0.15) is 5.26 Å². The van der Waals surface area contributed by atoms with Crippen LogP contribution in [0.5, 0.6) is 0 Å². The Labute approximate surface area is 136 Å². The van der Waals surface area contributed by atoms with Crippen LogP contribution in [0.2, 0.25) is 0 Å². The van der Waals surface area contributed by atoms with Gasteiger partial charge in [0.1, 0.15) is 6.04 Å². The van der Waals surface area contributed by atoms with Crippen molar-refractivity contribution in [1.82, 2.24) is 5.32 Å². The molecule has 1 aliphatic rings. The average Bonchev–Trinajstić information content (AvgIpc) is 3.07. The number of nitriles is 1. The quantitative estimate of drug-likeness (QED) is 0.817. The van der Waals surface area contributed by atoms with E-state index in [9.17, 15) is 9.59 Å². The standard InChI is InChI=1S/C18H22N2O3/c1-23-18(22)16(10-14-6-8-15(12-19)9-7-14)20-17(21)11-13-4-2-3-5-13/h6-9,13,16H,2-5,10-11H2,1H3,(H,20,21)/t16-/m1/s1. The number of hydrogen-bond acceptors (Lipinski definition) is 4. The molecule has 0 aliphatic heterocycles. The van der Waals surface area contributed by atoms with E-state index >= 15 is 0 Å². The summed E-state index contributed by atoms with van der Waals surface area (Å²) in [5, 5.41) is 11.6. The van der Waals surface area contributed by atoms with Gasteiger partial charge in [-0.05, 0) is 36.5 Å². The number of carbonyl (C=O) groups excluding carboxylic acids is 2. The highest BCUT2D eigenvalue weighted by atomic mass is 16.5. The molecule has 1 fully saturated rings. The molecule has 1 aromatic rings. The number of amides is 1. The number of methoxy groups -OCH3 is 1. The highest BCUT2D eigenvalue weighted by Crippen LogP contribution is 2.27. The first kappa shape index (κ1) is 17.0. The third-order valence-electron chi connectivity index (χ3n) is 4.29. The number of nitrogens with zero attached hydrogens (tertiary/aromatic N) is 1. The van der Waals surface area contributed by atoms with E-state index in [1.165, 1.54) is 20.0 Å². The van der Waals surface area contributed by atoms with E-state index in [-0.39, 0.29) is 5.91 Å². The van der Waals surface area contributed by atoms with Crippen molar-refractivity contribution in [2.75, 3.05) is 7.11 Å². The summed E-state index contributed by atoms with van der Waals surface area (Å²) in [5.41, 5.74) is 1.44. The van der Waals surface area contributed by atoms with Crippen LogP contribution in [0.3, 0.4) is 0 Å². The Hall–Kier alpha value is -2.35. The van der Waals surface area contributed by atoms with Crippen LogP contribution in [-0.2, 0) is 20.7 Å². The largest absolute Gasteiger partial charge is 0.467 e. The van der Waals surface area contributed by atoms with Crippen molar-refractivity contribution in [2.24, 2.45) is 5.92 Å². The second kappa shape index (κ2) is 8.33. The molecule has 0 saturated heterocycles. The van der Waals surface area contributed by atoms with Gasteiger partial charge in [0.05, 0.1) is 18.7 Å². The molecule has 1 aliphatic carbocycles. The molecule has 0 radical (unpaired) electrons. The number of hydrogen-bond donors (Lipinski definition) is 1. The first-order chi connectivity index (χ1) is 11.1. The summed E-state index contributed by atoms with van der Waals surface area (Å²) in [7, 11) is 1.32. The number of benzene rings is 1. The van der Waals surface area contributed by atoms with Gasteiger partial charge in [-0.3, -0.25) is 4.79 Å². The molecule has 5 nitrogen and oxygen atoms in total. The first-order valence-electron chi connectivity index (χ1n) is 7.98. The van der Waals surface area contributed by atoms with E-state index in [1.807, 2.05) is 0 Å². The van der Waals surface area contributed by atoms with Crippen molar-refractivity contribution >= 4 is 11.9 Å². The van der Waals surface area contributed by atoms with Gasteiger partial charge in [0.2, 0.25) is 5.91 Å². The normalized spacial score (nSPS) is 15.7. The van der Waals surface area contributed by atoms with Crippen LogP contribution >= 0.6 is 0 Å². The van der Waals surface area contributed by atoms with Crippen LogP contribution in [-0.4, -0.2) is 25.0 Å². The highest BCUT2D eigenvalue weighted by molar-refractivity contribution is 5.84. The smallest absolute Gasteiger partial charge is 0.328 e. The summed E-state index contributed by atoms with van der Waals surface area (Å²) < 4.78 is 4.79. The van der Waals surface area contributed by atoms with Crippen molar-refractivity contribution in [1.29, 1.82) is 5.26 Å². The lowest BCUT2D eigenvalue weighted by atomic mass is 10.0. The van der Waals surface area contributed by atoms with Crippen molar-refractivity contribution in [3.8, 4) is 6.07 Å². The molecule has 0 aromatic heterocycles. The molecule has 0 bridgehead atoms. The summed E-state index contributed by atoms with van der Waals surface area (Å²) in [6, 6.07) is 8.34. The molecular weight excluding hydrogens is 292 g/mol. The maximum atomic E-state index is 12.2. The zero-order chi connectivity index (χ0) is 16.7. The first-order valence-corrected chi connectivity index (χ1v) is 7.98. The molecule has 2 rings (SSSR count). The minimum Gasteiger partial charge on any atom is -0.467 e. The molecule has 0 unspecified atom stereocenters. The molecule has 1 saturated carbocycles. The maximum Gasteiger partial charge on any atom is 0.328 e. The zero-order valence-electron chi connectivity index (χ0n) is 13.4. The summed E-state index contributed by atoms with van der Waals surface area (Å²) in [4.78, 5) is 24.1. The molecule has 0 spiro atoms. The van der Waals surface area contributed by atoms with Crippen molar-refractivity contribution in [3.05, 3.63) is 35.4 Å². The van der Waals surface area contributed by atoms with Crippen LogP contribution < -0.4 is 5.32 Å². The summed E-state index contributed by atoms with van der Waals surface area (Å²) >= 11 is 0. The van der Waals surface area contributed by atoms with Gasteiger partial charge < -0.3 is 10.1 Å². The van der Waals surface area contributed by atoms with Gasteiger partial charge in [-0.15, -0.1) is 0 Å². The molecule has 5 heteroatoms. The minimum absolute atomic E-state index is 0.0963. The molecule has 0 heterocycles. The van der Waals surface area contributed by atoms with Gasteiger partial charge >= 0.3 is 5.97 Å². The lowest BCUT2D eigenvalue weighted by Gasteiger charge is -2.18. The van der Waals surface area contributed by atoms with Gasteiger partial charge in [0.15, 0.2) is 0 Å². The summed E-state index contributed by atoms with van der Waals surface area (Å²) in [6.07, 6.45) is 5.38. The maximum absolute atomic E-state index is 12.2. The van der Waals surface area contributed by atoms with Gasteiger partial charge in [-0.1, -0.05) is 25.0 Å². The van der Waals surface area contributed by atoms with Crippen LogP contribution in [0.1, 0.15) is 43.2 Å². The molecule has 1 amide bonds. The van der Waals surface area contributed by atoms with E-state index in [2.05, 4.69) is 11.4 Å². The Balaban J connectivity index is 1.96. The van der Waals surface area contributed by atoms with Gasteiger partial charge in [0.25, 0.3) is 0 Å². The Kier molecular flexibility index (Phi) is 6.16. The lowest BCUT2D eigenvalue weighted by molar-refractivity contribution is -0.145. The molecule has 23 heavy (non-hydrogen) atoms. The Morgan fingerprint density at radius 3 is 2.52 bits per heavy atom. The summed E-state index contributed by atoms with van der Waals surface area (Å²) in [5.74, 6) is -0.113. The Morgan fingerprint density at radius 1 is 1.30 bits per heavy atom. The fourth-order valence-corrected chi connectivity index (χ4v) is 3.02. The third-order valence-corrected chi connectivity index (χ3v) is 4.29. The van der Waals surface area contributed by atoms with Gasteiger partial charge in [-0.25, -0.2) is 4.79 Å². The van der Waals surface area contributed by atoms with Crippen molar-refractivity contribution in [2.45, 2.75) is 44.6 Å². The lowest BCUT2D eigenvalue weighted by Crippen LogP contribution is -2.43. The predicted octanol–water partition coefficient (Wildman–Crippen LogP) is 2.34. The predicted molar refractivity (Wildman–Crippen MR) is 85.4 cm³/mol. The topological polar surface area (TPSA) is 79.2 Å². The van der Waals surface area contributed by atoms with E-state index in [4.69, 9.17) is 10.00 Å². The molecule has 122 valence electrons. The number of nitrogens with one attached hydrogen (secondary N) is 1. The Morgan fingerprint density at radius 2 is 1.96 bits per heavy atom. The van der Waals surface area contributed by atoms with E-state index in [0.29, 0.717) is 24.3 Å². The van der Waals surface area contributed by atoms with E-state index < -0.39 is 12.0 Å². The van der Waals surface area contributed by atoms with Crippen LogP contribution in [0.4, 0.5) is 0 Å². The monoisotopic (exact) mass is 314 g/mol. The fourth-order valence-electron chi connectivity index (χ4n) is 3.02. The SMILES string of the molecule is COC(=O)[C@@H](Cc1ccc(C#N)cc1)NC(=O)CC1CCCC1. The zero-order valence-corrected chi connectivity index (χ0v) is 13.4. The fraction of sp³-hybridized carbons (Fsp3) is 0.500. The molecular formula is C18H22N2O3. The molecule has 1 atom stereocenters. The second-order valence-electron chi connectivity index (χ2n) is 6.01. The number of ether oxygens (including phenoxy) is 1. The summed E-state index contributed by atoms with van der Waals surface area (Å²) in [6.45, 7) is 0. The van der Waals surface area contributed by atoms with Crippen molar-refractivity contribution in [3.63, 3.8) is 0 Å². The number of carbonyl (C=O) groups is 2. The minimum atomic E-state index is -0.693. The average molecular weight is 314 g/mol. The van der Waals surface area contributed by atoms with E-state index in [1.54, 1.807) is 24.3 Å². The highest BCUT2D eigenvalue weighted by Gasteiger charge is 2.24.